The number of non-ortho nitro benzene ring substituents is 2. The van der Waals surface area contributed by atoms with Gasteiger partial charge in [0.25, 0.3) is 16.5 Å². The lowest BCUT2D eigenvalue weighted by Gasteiger charge is -2.23. The molecule has 0 aromatic heterocycles. The summed E-state index contributed by atoms with van der Waals surface area (Å²) in [6.07, 6.45) is 0. The Kier molecular flexibility index (Phi) is 9.05. The summed E-state index contributed by atoms with van der Waals surface area (Å²) in [7, 11) is 0. The summed E-state index contributed by atoms with van der Waals surface area (Å²) >= 11 is 0. The predicted molar refractivity (Wildman–Crippen MR) is 119 cm³/mol. The zero-order chi connectivity index (χ0) is 28.2. The Balaban J connectivity index is 0.00000722. The van der Waals surface area contributed by atoms with Crippen LogP contribution >= 0.6 is 0 Å². The molecule has 0 saturated heterocycles. The van der Waals surface area contributed by atoms with E-state index in [-0.39, 0.29) is 36.6 Å². The molecule has 0 amide bonds. The number of nitro benzene ring substituents is 6. The van der Waals surface area contributed by atoms with Crippen LogP contribution in [0.3, 0.4) is 0 Å². The van der Waals surface area contributed by atoms with Crippen LogP contribution in [-0.2, 0) is 4.84 Å². The Morgan fingerprint density at radius 2 is 0.842 bits per heavy atom. The van der Waals surface area contributed by atoms with Crippen LogP contribution in [0.15, 0.2) is 24.3 Å². The minimum Gasteiger partial charge on any atom is -0.317 e. The van der Waals surface area contributed by atoms with Crippen LogP contribution in [0.25, 0.3) is 0 Å². The van der Waals surface area contributed by atoms with Gasteiger partial charge in [0.1, 0.15) is 6.61 Å². The highest BCUT2D eigenvalue weighted by Crippen LogP contribution is 2.49. The molecule has 0 bridgehead atoms. The molecule has 0 saturated carbocycles. The van der Waals surface area contributed by atoms with Crippen LogP contribution in [-0.4, -0.2) is 47.8 Å². The van der Waals surface area contributed by atoms with Crippen LogP contribution in [0.2, 0.25) is 0 Å². The number of rotatable bonds is 12. The number of anilines is 2. The topological polar surface area (TPSA) is 314 Å². The van der Waals surface area contributed by atoms with Crippen molar-refractivity contribution in [2.24, 2.45) is 0 Å². The monoisotopic (exact) mass is 544 g/mol. The van der Waals surface area contributed by atoms with Crippen molar-refractivity contribution in [2.45, 2.75) is 7.43 Å². The molecule has 0 spiro atoms. The maximum atomic E-state index is 11.7. The lowest BCUT2D eigenvalue weighted by molar-refractivity contribution is -0.757. The van der Waals surface area contributed by atoms with Gasteiger partial charge in [-0.25, -0.2) is 0 Å². The van der Waals surface area contributed by atoms with Gasteiger partial charge in [0, 0.05) is 6.54 Å². The van der Waals surface area contributed by atoms with Crippen LogP contribution in [0.4, 0.5) is 45.5 Å². The second-order valence-corrected chi connectivity index (χ2v) is 6.42. The van der Waals surface area contributed by atoms with Gasteiger partial charge in [-0.3, -0.25) is 60.7 Å². The number of benzene rings is 2. The van der Waals surface area contributed by atoms with E-state index in [4.69, 9.17) is 0 Å². The summed E-state index contributed by atoms with van der Waals surface area (Å²) < 4.78 is 0. The third kappa shape index (κ3) is 6.09. The molecule has 0 fully saturated rings. The highest BCUT2D eigenvalue weighted by molar-refractivity contribution is 5.90. The van der Waals surface area contributed by atoms with E-state index in [0.717, 1.165) is 0 Å². The fourth-order valence-corrected chi connectivity index (χ4v) is 3.04. The largest absolute Gasteiger partial charge is 0.317 e. The Morgan fingerprint density at radius 3 is 1.05 bits per heavy atom. The molecule has 0 aliphatic rings. The summed E-state index contributed by atoms with van der Waals surface area (Å²) in [6.45, 7) is -2.30. The first-order chi connectivity index (χ1) is 17.2. The number of hydrogen-bond acceptors (Lipinski definition) is 16. The third-order valence-corrected chi connectivity index (χ3v) is 4.37. The van der Waals surface area contributed by atoms with Gasteiger partial charge in [0.05, 0.1) is 53.8 Å². The van der Waals surface area contributed by atoms with E-state index in [1.807, 2.05) is 0 Å². The second-order valence-electron chi connectivity index (χ2n) is 6.42. The molecule has 2 aromatic rings. The molecule has 38 heavy (non-hydrogen) atoms. The summed E-state index contributed by atoms with van der Waals surface area (Å²) in [5.74, 6) is 0. The lowest BCUT2D eigenvalue weighted by atomic mass is 10.1. The van der Waals surface area contributed by atoms with E-state index in [1.165, 1.54) is 0 Å². The zero-order valence-electron chi connectivity index (χ0n) is 17.4. The molecule has 23 heteroatoms. The van der Waals surface area contributed by atoms with E-state index in [0.29, 0.717) is 0 Å². The number of hydrogen-bond donors (Lipinski definition) is 0. The second kappa shape index (κ2) is 11.5. The minimum absolute atomic E-state index is 0. The molecule has 0 heterocycles. The smallest absolute Gasteiger partial charge is 0.306 e. The molecule has 0 aliphatic heterocycles. The zero-order valence-corrected chi connectivity index (χ0v) is 17.4. The van der Waals surface area contributed by atoms with Gasteiger partial charge in [-0.15, -0.1) is 10.1 Å². The fourth-order valence-electron chi connectivity index (χ4n) is 3.04. The van der Waals surface area contributed by atoms with Crippen molar-refractivity contribution < 1.29 is 39.5 Å². The lowest BCUT2D eigenvalue weighted by Crippen LogP contribution is -2.27. The van der Waals surface area contributed by atoms with E-state index in [2.05, 4.69) is 4.84 Å². The molecular weight excluding hydrogens is 532 g/mol. The molecule has 2 aromatic carbocycles. The molecule has 23 nitrogen and oxygen atoms in total. The first kappa shape index (κ1) is 29.9. The van der Waals surface area contributed by atoms with Crippen molar-refractivity contribution in [2.75, 3.05) is 18.1 Å². The summed E-state index contributed by atoms with van der Waals surface area (Å²) in [4.78, 5) is 75.8. The molecule has 202 valence electrons. The Bertz CT molecular complexity index is 1210. The standard InChI is InChI=1S/C14H8N8O15.CH4/c23-16(24)7-3-9(18(27)28)13(10(4-7)19(29)30)15(1-2-37-22(35)36)14-11(20(31)32)5-8(17(25)26)6-12(14)21(33)34;/h3-6H,1-2H2;1H4. The highest BCUT2D eigenvalue weighted by Gasteiger charge is 2.41. The Morgan fingerprint density at radius 1 is 0.553 bits per heavy atom. The van der Waals surface area contributed by atoms with Gasteiger partial charge in [0.2, 0.25) is 0 Å². The third-order valence-electron chi connectivity index (χ3n) is 4.37. The van der Waals surface area contributed by atoms with E-state index in [9.17, 15) is 70.8 Å². The van der Waals surface area contributed by atoms with Crippen molar-refractivity contribution in [1.82, 2.24) is 0 Å². The average Bonchev–Trinajstić information content (AvgIpc) is 2.79. The average molecular weight is 544 g/mol. The van der Waals surface area contributed by atoms with Crippen LogP contribution < -0.4 is 4.90 Å². The molecule has 2 rings (SSSR count). The molecule has 0 radical (unpaired) electrons. The van der Waals surface area contributed by atoms with E-state index < -0.39 is 93.3 Å². The molecule has 0 atom stereocenters. The summed E-state index contributed by atoms with van der Waals surface area (Å²) in [6, 6.07) is 0.805. The summed E-state index contributed by atoms with van der Waals surface area (Å²) in [5.41, 5.74) is -10.8. The fraction of sp³-hybridized carbons (Fsp3) is 0.200. The number of nitrogens with zero attached hydrogens (tertiary/aromatic N) is 8. The van der Waals surface area contributed by atoms with Gasteiger partial charge in [-0.1, -0.05) is 7.43 Å². The Hall–Kier alpha value is -6.16. The summed E-state index contributed by atoms with van der Waals surface area (Å²) in [5, 5.41) is 78.3. The molecule has 0 aliphatic carbocycles. The van der Waals surface area contributed by atoms with Crippen LogP contribution in [0.1, 0.15) is 7.43 Å². The molecular formula is C15H12N8O15. The van der Waals surface area contributed by atoms with Gasteiger partial charge >= 0.3 is 22.7 Å². The van der Waals surface area contributed by atoms with Gasteiger partial charge in [0.15, 0.2) is 11.4 Å². The Labute approximate surface area is 206 Å². The first-order valence-corrected chi connectivity index (χ1v) is 8.94. The van der Waals surface area contributed by atoms with Gasteiger partial charge in [-0.2, -0.15) is 0 Å². The van der Waals surface area contributed by atoms with E-state index >= 15 is 0 Å². The van der Waals surface area contributed by atoms with Crippen molar-refractivity contribution in [3.8, 4) is 0 Å². The minimum atomic E-state index is -1.45. The van der Waals surface area contributed by atoms with Crippen molar-refractivity contribution in [3.63, 3.8) is 0 Å². The van der Waals surface area contributed by atoms with Crippen LogP contribution in [0, 0.1) is 70.8 Å². The number of nitro groups is 6. The van der Waals surface area contributed by atoms with Crippen molar-refractivity contribution >= 4 is 45.5 Å². The quantitative estimate of drug-likeness (QED) is 0.273. The van der Waals surface area contributed by atoms with Gasteiger partial charge < -0.3 is 9.74 Å². The van der Waals surface area contributed by atoms with Crippen molar-refractivity contribution in [3.05, 3.63) is 95.1 Å². The van der Waals surface area contributed by atoms with Gasteiger partial charge in [-0.05, 0) is 0 Å². The van der Waals surface area contributed by atoms with Crippen molar-refractivity contribution in [1.29, 1.82) is 0 Å². The normalized spacial score (nSPS) is 10.0. The van der Waals surface area contributed by atoms with E-state index in [1.54, 1.807) is 0 Å². The predicted octanol–water partition coefficient (Wildman–Crippen LogP) is 3.12. The maximum Gasteiger partial charge on any atom is 0.306 e. The van der Waals surface area contributed by atoms with Crippen LogP contribution in [0.5, 0.6) is 0 Å². The highest BCUT2D eigenvalue weighted by atomic mass is 16.9. The SMILES string of the molecule is C.O=[N+]([O-])OCCN(c1c([N+](=O)[O-])cc([N+](=O)[O-])cc1[N+](=O)[O-])c1c([N+](=O)[O-])cc([N+](=O)[O-])cc1[N+](=O)[O-]. The molecule has 0 unspecified atom stereocenters. The molecule has 0 N–H and O–H groups in total. The maximum absolute atomic E-state index is 11.7. The first-order valence-electron chi connectivity index (χ1n) is 8.94.